The molecule has 2 aromatic rings. The van der Waals surface area contributed by atoms with Crippen molar-refractivity contribution in [3.05, 3.63) is 46.2 Å². The molecule has 2 aromatic heterocycles. The van der Waals surface area contributed by atoms with E-state index in [4.69, 9.17) is 0 Å². The molecular formula is C15H20N4O2S. The minimum absolute atomic E-state index is 0.00485. The third-order valence-corrected chi connectivity index (χ3v) is 4.04. The number of urea groups is 1. The Morgan fingerprint density at radius 2 is 2.23 bits per heavy atom. The normalized spacial score (nSPS) is 11.9. The molecule has 3 N–H and O–H groups in total. The number of aliphatic hydroxyl groups is 1. The third-order valence-electron chi connectivity index (χ3n) is 3.13. The third kappa shape index (κ3) is 5.42. The highest BCUT2D eigenvalue weighted by Crippen LogP contribution is 2.10. The highest BCUT2D eigenvalue weighted by molar-refractivity contribution is 7.11. The lowest BCUT2D eigenvalue weighted by Gasteiger charge is -2.15. The molecule has 0 bridgehead atoms. The van der Waals surface area contributed by atoms with Crippen LogP contribution in [0.2, 0.25) is 0 Å². The van der Waals surface area contributed by atoms with E-state index < -0.39 is 0 Å². The molecular weight excluding hydrogens is 300 g/mol. The van der Waals surface area contributed by atoms with Crippen molar-refractivity contribution in [2.24, 2.45) is 5.92 Å². The fraction of sp³-hybridized carbons (Fsp3) is 0.400. The van der Waals surface area contributed by atoms with E-state index in [0.29, 0.717) is 19.5 Å². The summed E-state index contributed by atoms with van der Waals surface area (Å²) in [4.78, 5) is 21.1. The van der Waals surface area contributed by atoms with Crippen molar-refractivity contribution in [2.45, 2.75) is 19.9 Å². The van der Waals surface area contributed by atoms with Gasteiger partial charge in [0.15, 0.2) is 0 Å². The van der Waals surface area contributed by atoms with Gasteiger partial charge in [-0.25, -0.2) is 9.78 Å². The number of hydrogen-bond acceptors (Lipinski definition) is 5. The zero-order valence-electron chi connectivity index (χ0n) is 12.5. The van der Waals surface area contributed by atoms with Crippen molar-refractivity contribution in [3.63, 3.8) is 0 Å². The van der Waals surface area contributed by atoms with Gasteiger partial charge in [-0.05, 0) is 25.5 Å². The Labute approximate surface area is 133 Å². The summed E-state index contributed by atoms with van der Waals surface area (Å²) in [6.07, 6.45) is 4.12. The zero-order chi connectivity index (χ0) is 15.8. The van der Waals surface area contributed by atoms with Gasteiger partial charge < -0.3 is 15.7 Å². The number of thiazole rings is 1. The molecule has 0 aliphatic carbocycles. The summed E-state index contributed by atoms with van der Waals surface area (Å²) in [7, 11) is 0. The van der Waals surface area contributed by atoms with E-state index in [9.17, 15) is 9.90 Å². The Bertz CT molecular complexity index is 588. The quantitative estimate of drug-likeness (QED) is 0.721. The van der Waals surface area contributed by atoms with Gasteiger partial charge in [-0.2, -0.15) is 0 Å². The molecule has 1 atom stereocenters. The summed E-state index contributed by atoms with van der Waals surface area (Å²) >= 11 is 1.56. The van der Waals surface area contributed by atoms with Crippen LogP contribution >= 0.6 is 11.3 Å². The predicted octanol–water partition coefficient (Wildman–Crippen LogP) is 1.50. The summed E-state index contributed by atoms with van der Waals surface area (Å²) in [6, 6.07) is 5.43. The number of carbonyl (C=O) groups excluding carboxylic acids is 1. The number of rotatable bonds is 7. The van der Waals surface area contributed by atoms with Crippen molar-refractivity contribution < 1.29 is 9.90 Å². The number of nitrogens with one attached hydrogen (secondary N) is 2. The summed E-state index contributed by atoms with van der Waals surface area (Å²) in [5, 5.41) is 15.9. The average Bonchev–Trinajstić information content (AvgIpc) is 2.96. The van der Waals surface area contributed by atoms with Gasteiger partial charge in [0.25, 0.3) is 0 Å². The van der Waals surface area contributed by atoms with Crippen LogP contribution in [0.1, 0.15) is 15.6 Å². The fourth-order valence-electron chi connectivity index (χ4n) is 1.97. The van der Waals surface area contributed by atoms with Gasteiger partial charge in [0.1, 0.15) is 0 Å². The molecule has 0 fully saturated rings. The summed E-state index contributed by atoms with van der Waals surface area (Å²) in [5.74, 6) is -0.0497. The minimum atomic E-state index is -0.245. The van der Waals surface area contributed by atoms with Crippen LogP contribution in [0.3, 0.4) is 0 Å². The first-order chi connectivity index (χ1) is 10.7. The first-order valence-corrected chi connectivity index (χ1v) is 7.93. The second-order valence-electron chi connectivity index (χ2n) is 4.98. The summed E-state index contributed by atoms with van der Waals surface area (Å²) in [6.45, 7) is 2.80. The van der Waals surface area contributed by atoms with E-state index in [0.717, 1.165) is 15.6 Å². The van der Waals surface area contributed by atoms with Crippen LogP contribution in [-0.2, 0) is 13.0 Å². The van der Waals surface area contributed by atoms with Gasteiger partial charge in [-0.1, -0.05) is 6.07 Å². The van der Waals surface area contributed by atoms with Gasteiger partial charge in [0.05, 0.1) is 11.6 Å². The van der Waals surface area contributed by atoms with Gasteiger partial charge in [-0.3, -0.25) is 4.98 Å². The largest absolute Gasteiger partial charge is 0.396 e. The Morgan fingerprint density at radius 3 is 2.86 bits per heavy atom. The van der Waals surface area contributed by atoms with Crippen molar-refractivity contribution in [1.82, 2.24) is 20.6 Å². The van der Waals surface area contributed by atoms with E-state index in [2.05, 4.69) is 20.6 Å². The first kappa shape index (κ1) is 16.4. The SMILES string of the molecule is Cc1ncc(CNC(=O)NCC(CO)Cc2ccccn2)s1. The molecule has 0 aliphatic heterocycles. The Kier molecular flexibility index (Phi) is 6.29. The standard InChI is InChI=1S/C15H20N4O2S/c1-11-17-8-14(22-11)9-19-15(21)18-7-12(10-20)6-13-4-2-3-5-16-13/h2-5,8,12,20H,6-7,9-10H2,1H3,(H2,18,19,21). The number of pyridine rings is 1. The Hall–Kier alpha value is -1.99. The van der Waals surface area contributed by atoms with E-state index in [1.54, 1.807) is 23.7 Å². The molecule has 7 heteroatoms. The lowest BCUT2D eigenvalue weighted by atomic mass is 10.0. The summed E-state index contributed by atoms with van der Waals surface area (Å²) < 4.78 is 0. The van der Waals surface area contributed by atoms with Crippen LogP contribution in [0.4, 0.5) is 4.79 Å². The summed E-state index contributed by atoms with van der Waals surface area (Å²) in [5.41, 5.74) is 0.906. The lowest BCUT2D eigenvalue weighted by Crippen LogP contribution is -2.39. The molecule has 0 saturated heterocycles. The average molecular weight is 320 g/mol. The van der Waals surface area contributed by atoms with E-state index >= 15 is 0 Å². The highest BCUT2D eigenvalue weighted by Gasteiger charge is 2.11. The maximum Gasteiger partial charge on any atom is 0.315 e. The molecule has 0 spiro atoms. The molecule has 0 aliphatic rings. The number of nitrogens with zero attached hydrogens (tertiary/aromatic N) is 2. The molecule has 1 unspecified atom stereocenters. The van der Waals surface area contributed by atoms with E-state index in [-0.39, 0.29) is 18.6 Å². The Balaban J connectivity index is 1.71. The van der Waals surface area contributed by atoms with E-state index in [1.807, 2.05) is 25.1 Å². The van der Waals surface area contributed by atoms with Crippen LogP contribution in [0, 0.1) is 12.8 Å². The van der Waals surface area contributed by atoms with Gasteiger partial charge in [0, 0.05) is 42.0 Å². The van der Waals surface area contributed by atoms with E-state index in [1.165, 1.54) is 0 Å². The maximum atomic E-state index is 11.8. The molecule has 6 nitrogen and oxygen atoms in total. The molecule has 0 radical (unpaired) electrons. The number of amides is 2. The van der Waals surface area contributed by atoms with Crippen LogP contribution in [0.15, 0.2) is 30.6 Å². The zero-order valence-corrected chi connectivity index (χ0v) is 13.3. The second kappa shape index (κ2) is 8.45. The Morgan fingerprint density at radius 1 is 1.36 bits per heavy atom. The first-order valence-electron chi connectivity index (χ1n) is 7.11. The fourth-order valence-corrected chi connectivity index (χ4v) is 2.70. The minimum Gasteiger partial charge on any atom is -0.396 e. The van der Waals surface area contributed by atoms with Crippen LogP contribution in [0.25, 0.3) is 0 Å². The molecule has 22 heavy (non-hydrogen) atoms. The van der Waals surface area contributed by atoms with Crippen LogP contribution < -0.4 is 10.6 Å². The number of aryl methyl sites for hydroxylation is 1. The van der Waals surface area contributed by atoms with Gasteiger partial charge >= 0.3 is 6.03 Å². The maximum absolute atomic E-state index is 11.8. The van der Waals surface area contributed by atoms with Gasteiger partial charge in [0.2, 0.25) is 0 Å². The van der Waals surface area contributed by atoms with Crippen molar-refractivity contribution in [1.29, 1.82) is 0 Å². The number of aliphatic hydroxyl groups excluding tert-OH is 1. The van der Waals surface area contributed by atoms with Crippen molar-refractivity contribution in [2.75, 3.05) is 13.2 Å². The molecule has 0 saturated carbocycles. The molecule has 2 amide bonds. The lowest BCUT2D eigenvalue weighted by molar-refractivity contribution is 0.213. The van der Waals surface area contributed by atoms with Gasteiger partial charge in [-0.15, -0.1) is 11.3 Å². The number of aromatic nitrogens is 2. The number of carbonyl (C=O) groups is 1. The number of hydrogen-bond donors (Lipinski definition) is 3. The van der Waals surface area contributed by atoms with Crippen LogP contribution in [0.5, 0.6) is 0 Å². The highest BCUT2D eigenvalue weighted by atomic mass is 32.1. The predicted molar refractivity (Wildman–Crippen MR) is 85.6 cm³/mol. The molecule has 0 aromatic carbocycles. The molecule has 2 heterocycles. The smallest absolute Gasteiger partial charge is 0.315 e. The van der Waals surface area contributed by atoms with Crippen molar-refractivity contribution >= 4 is 17.4 Å². The molecule has 2 rings (SSSR count). The monoisotopic (exact) mass is 320 g/mol. The van der Waals surface area contributed by atoms with Crippen molar-refractivity contribution in [3.8, 4) is 0 Å². The topological polar surface area (TPSA) is 87.1 Å². The van der Waals surface area contributed by atoms with Crippen LogP contribution in [-0.4, -0.2) is 34.3 Å². The molecule has 118 valence electrons. The second-order valence-corrected chi connectivity index (χ2v) is 6.30.